The number of amides is 3. The van der Waals surface area contributed by atoms with E-state index in [0.717, 1.165) is 15.9 Å². The van der Waals surface area contributed by atoms with Crippen molar-refractivity contribution >= 4 is 64.0 Å². The normalized spacial score (nSPS) is 16.7. The molecule has 1 unspecified atom stereocenters. The van der Waals surface area contributed by atoms with Gasteiger partial charge in [0.1, 0.15) is 11.9 Å². The fourth-order valence-electron chi connectivity index (χ4n) is 2.70. The molecule has 2 aromatic rings. The van der Waals surface area contributed by atoms with Gasteiger partial charge >= 0.3 is 6.03 Å². The van der Waals surface area contributed by atoms with E-state index in [1.807, 2.05) is 6.07 Å². The number of alkyl halides is 3. The number of hydrogen-bond acceptors (Lipinski definition) is 5. The number of carbonyl (C=O) groups is 2. The molecule has 2 aromatic carbocycles. The van der Waals surface area contributed by atoms with Gasteiger partial charge in [0.15, 0.2) is 6.17 Å². The van der Waals surface area contributed by atoms with E-state index in [2.05, 4.69) is 10.3 Å². The van der Waals surface area contributed by atoms with Crippen molar-refractivity contribution in [2.75, 3.05) is 17.3 Å². The molecular formula is C19H13Cl3FN5O2. The van der Waals surface area contributed by atoms with E-state index in [1.165, 1.54) is 31.3 Å². The molecule has 0 spiro atoms. The van der Waals surface area contributed by atoms with Crippen LogP contribution in [-0.2, 0) is 4.79 Å². The van der Waals surface area contributed by atoms with Gasteiger partial charge in [0.25, 0.3) is 5.91 Å². The Balaban J connectivity index is 2.10. The average Bonchev–Trinajstić information content (AvgIpc) is 2.91. The molecule has 3 amide bonds. The van der Waals surface area contributed by atoms with Crippen LogP contribution in [0.25, 0.3) is 0 Å². The molecule has 0 saturated carbocycles. The number of nitrogens with zero attached hydrogens (tertiary/aromatic N) is 4. The minimum Gasteiger partial charge on any atom is -0.359 e. The number of nitriles is 1. The maximum Gasteiger partial charge on any atom is 0.337 e. The maximum atomic E-state index is 14.4. The summed E-state index contributed by atoms with van der Waals surface area (Å²) in [5.41, 5.74) is 0.358. The molecule has 0 aromatic heterocycles. The fourth-order valence-corrected chi connectivity index (χ4v) is 3.01. The molecule has 1 saturated heterocycles. The molecule has 0 radical (unpaired) electrons. The molecule has 30 heavy (non-hydrogen) atoms. The summed E-state index contributed by atoms with van der Waals surface area (Å²) in [6.07, 6.45) is -1.38. The van der Waals surface area contributed by atoms with E-state index in [4.69, 9.17) is 34.8 Å². The standard InChI is InChI=1S/C19H13Cl3FN5O2/c1-27-16(29)15(28(18(27)30)14-9-5-3-7-12(14)23)26-17(19(20,21)22)25-13-8-4-2-6-11(13)10-24/h2-9,17,25H,1H3. The smallest absolute Gasteiger partial charge is 0.337 e. The van der Waals surface area contributed by atoms with Gasteiger partial charge in [-0.3, -0.25) is 9.69 Å². The lowest BCUT2D eigenvalue weighted by molar-refractivity contribution is -0.119. The first-order valence-electron chi connectivity index (χ1n) is 8.42. The van der Waals surface area contributed by atoms with Crippen LogP contribution >= 0.6 is 34.8 Å². The lowest BCUT2D eigenvalue weighted by Gasteiger charge is -2.25. The van der Waals surface area contributed by atoms with Crippen LogP contribution in [0.15, 0.2) is 53.5 Å². The topological polar surface area (TPSA) is 88.8 Å². The number of amidine groups is 1. The van der Waals surface area contributed by atoms with Crippen LogP contribution in [0.5, 0.6) is 0 Å². The predicted molar refractivity (Wildman–Crippen MR) is 113 cm³/mol. The Morgan fingerprint density at radius 3 is 2.40 bits per heavy atom. The van der Waals surface area contributed by atoms with Crippen molar-refractivity contribution < 1.29 is 14.0 Å². The Hall–Kier alpha value is -2.86. The molecule has 1 fully saturated rings. The third kappa shape index (κ3) is 4.19. The van der Waals surface area contributed by atoms with E-state index < -0.39 is 33.5 Å². The minimum atomic E-state index is -2.08. The molecule has 154 valence electrons. The van der Waals surface area contributed by atoms with Gasteiger partial charge in [-0.25, -0.2) is 19.1 Å². The highest BCUT2D eigenvalue weighted by atomic mass is 35.6. The van der Waals surface area contributed by atoms with Gasteiger partial charge in [-0.1, -0.05) is 59.1 Å². The van der Waals surface area contributed by atoms with Crippen LogP contribution in [0.2, 0.25) is 0 Å². The first-order valence-corrected chi connectivity index (χ1v) is 9.55. The number of imide groups is 1. The zero-order chi connectivity index (χ0) is 22.1. The summed E-state index contributed by atoms with van der Waals surface area (Å²) in [7, 11) is 1.23. The molecule has 1 aliphatic heterocycles. The average molecular weight is 469 g/mol. The molecular weight excluding hydrogens is 456 g/mol. The van der Waals surface area contributed by atoms with Crippen molar-refractivity contribution in [3.05, 3.63) is 59.9 Å². The van der Waals surface area contributed by atoms with Crippen LogP contribution in [0.3, 0.4) is 0 Å². The van der Waals surface area contributed by atoms with Gasteiger partial charge in [0.2, 0.25) is 9.63 Å². The second-order valence-electron chi connectivity index (χ2n) is 6.13. The van der Waals surface area contributed by atoms with Crippen LogP contribution in [0.1, 0.15) is 5.56 Å². The number of urea groups is 1. The number of para-hydroxylation sites is 2. The highest BCUT2D eigenvalue weighted by molar-refractivity contribution is 6.68. The lowest BCUT2D eigenvalue weighted by atomic mass is 10.2. The Bertz CT molecular complexity index is 1080. The third-order valence-electron chi connectivity index (χ3n) is 4.18. The molecule has 1 heterocycles. The van der Waals surface area contributed by atoms with E-state index in [1.54, 1.807) is 18.2 Å². The number of rotatable bonds is 4. The summed E-state index contributed by atoms with van der Waals surface area (Å²) in [5.74, 6) is -1.99. The monoisotopic (exact) mass is 467 g/mol. The van der Waals surface area contributed by atoms with Crippen molar-refractivity contribution in [3.63, 3.8) is 0 Å². The Morgan fingerprint density at radius 1 is 1.13 bits per heavy atom. The predicted octanol–water partition coefficient (Wildman–Crippen LogP) is 4.30. The highest BCUT2D eigenvalue weighted by Gasteiger charge is 2.44. The Kier molecular flexibility index (Phi) is 6.17. The summed E-state index contributed by atoms with van der Waals surface area (Å²) < 4.78 is 12.3. The van der Waals surface area contributed by atoms with E-state index >= 15 is 0 Å². The summed E-state index contributed by atoms with van der Waals surface area (Å²) in [4.78, 5) is 31.0. The van der Waals surface area contributed by atoms with Gasteiger partial charge < -0.3 is 5.32 Å². The molecule has 11 heteroatoms. The second-order valence-corrected chi connectivity index (χ2v) is 8.50. The SMILES string of the molecule is CN1C(=O)C(=NC(Nc2ccccc2C#N)C(Cl)(Cl)Cl)N(c2ccccc2F)C1=O. The first-order chi connectivity index (χ1) is 14.1. The van der Waals surface area contributed by atoms with Crippen molar-refractivity contribution in [1.82, 2.24) is 4.90 Å². The maximum absolute atomic E-state index is 14.4. The number of likely N-dealkylation sites (N-methyl/N-ethyl adjacent to an activating group) is 1. The van der Waals surface area contributed by atoms with Crippen molar-refractivity contribution in [3.8, 4) is 6.07 Å². The molecule has 1 atom stereocenters. The zero-order valence-corrected chi connectivity index (χ0v) is 17.6. The second kappa shape index (κ2) is 8.48. The van der Waals surface area contributed by atoms with Gasteiger partial charge in [-0.2, -0.15) is 5.26 Å². The number of anilines is 2. The van der Waals surface area contributed by atoms with Crippen LogP contribution in [-0.4, -0.2) is 39.7 Å². The number of nitrogens with one attached hydrogen (secondary N) is 1. The number of carbonyl (C=O) groups excluding carboxylic acids is 2. The number of aliphatic imine (C=N–C) groups is 1. The summed E-state index contributed by atoms with van der Waals surface area (Å²) in [6.45, 7) is 0. The van der Waals surface area contributed by atoms with E-state index in [0.29, 0.717) is 5.69 Å². The highest BCUT2D eigenvalue weighted by Crippen LogP contribution is 2.35. The third-order valence-corrected chi connectivity index (χ3v) is 4.80. The summed E-state index contributed by atoms with van der Waals surface area (Å²) >= 11 is 18.1. The van der Waals surface area contributed by atoms with E-state index in [-0.39, 0.29) is 11.3 Å². The van der Waals surface area contributed by atoms with Crippen LogP contribution in [0.4, 0.5) is 20.6 Å². The van der Waals surface area contributed by atoms with Gasteiger partial charge in [-0.15, -0.1) is 0 Å². The summed E-state index contributed by atoms with van der Waals surface area (Å²) in [5, 5.41) is 12.1. The van der Waals surface area contributed by atoms with Gasteiger partial charge in [0.05, 0.1) is 16.9 Å². The summed E-state index contributed by atoms with van der Waals surface area (Å²) in [6, 6.07) is 12.9. The first kappa shape index (κ1) is 21.8. The fraction of sp³-hybridized carbons (Fsp3) is 0.158. The van der Waals surface area contributed by atoms with Crippen molar-refractivity contribution in [2.45, 2.75) is 9.96 Å². The molecule has 0 aliphatic carbocycles. The molecule has 3 rings (SSSR count). The molecule has 1 N–H and O–H groups in total. The number of hydrogen-bond donors (Lipinski definition) is 1. The van der Waals surface area contributed by atoms with Crippen molar-refractivity contribution in [2.24, 2.45) is 4.99 Å². The molecule has 0 bridgehead atoms. The minimum absolute atomic E-state index is 0.181. The quantitative estimate of drug-likeness (QED) is 0.535. The zero-order valence-electron chi connectivity index (χ0n) is 15.3. The molecule has 7 nitrogen and oxygen atoms in total. The van der Waals surface area contributed by atoms with Gasteiger partial charge in [0, 0.05) is 7.05 Å². The lowest BCUT2D eigenvalue weighted by Crippen LogP contribution is -2.38. The Labute approximate surface area is 186 Å². The number of halogens is 4. The van der Waals surface area contributed by atoms with Crippen LogP contribution in [0, 0.1) is 17.1 Å². The number of benzene rings is 2. The molecule has 1 aliphatic rings. The van der Waals surface area contributed by atoms with Crippen molar-refractivity contribution in [1.29, 1.82) is 5.26 Å². The largest absolute Gasteiger partial charge is 0.359 e. The van der Waals surface area contributed by atoms with Crippen LogP contribution < -0.4 is 10.2 Å². The van der Waals surface area contributed by atoms with E-state index in [9.17, 15) is 19.2 Å². The van der Waals surface area contributed by atoms with Gasteiger partial charge in [-0.05, 0) is 24.3 Å². The Morgan fingerprint density at radius 2 is 1.77 bits per heavy atom.